The fourth-order valence-electron chi connectivity index (χ4n) is 3.80. The number of fused-ring (bicyclic) bond motifs is 1. The number of amides is 1. The van der Waals surface area contributed by atoms with Crippen molar-refractivity contribution in [3.05, 3.63) is 53.7 Å². The first-order valence-electron chi connectivity index (χ1n) is 10.5. The van der Waals surface area contributed by atoms with Gasteiger partial charge in [-0.1, -0.05) is 19.1 Å². The number of benzene rings is 1. The minimum Gasteiger partial charge on any atom is -0.485 e. The minimum absolute atomic E-state index is 0.0204. The maximum Gasteiger partial charge on any atom is 0.267 e. The number of piperazine rings is 1. The van der Waals surface area contributed by atoms with Gasteiger partial charge in [-0.25, -0.2) is 9.97 Å². The topological polar surface area (TPSA) is 67.8 Å². The summed E-state index contributed by atoms with van der Waals surface area (Å²) in [4.78, 5) is 26.3. The van der Waals surface area contributed by atoms with Crippen LogP contribution in [-0.2, 0) is 11.2 Å². The first-order valence-corrected chi connectivity index (χ1v) is 11.4. The maximum absolute atomic E-state index is 12.9. The summed E-state index contributed by atoms with van der Waals surface area (Å²) in [6.07, 6.45) is 2.23. The van der Waals surface area contributed by atoms with E-state index in [1.807, 2.05) is 41.4 Å². The molecule has 8 heteroatoms. The predicted molar refractivity (Wildman–Crippen MR) is 120 cm³/mol. The van der Waals surface area contributed by atoms with Gasteiger partial charge in [0.25, 0.3) is 5.91 Å². The van der Waals surface area contributed by atoms with Gasteiger partial charge in [-0.05, 0) is 30.7 Å². The van der Waals surface area contributed by atoms with Crippen molar-refractivity contribution in [2.24, 2.45) is 0 Å². The molecule has 2 aromatic heterocycles. The van der Waals surface area contributed by atoms with Gasteiger partial charge in [-0.15, -0.1) is 11.3 Å². The molecule has 2 aliphatic heterocycles. The summed E-state index contributed by atoms with van der Waals surface area (Å²) in [6, 6.07) is 11.6. The van der Waals surface area contributed by atoms with Crippen molar-refractivity contribution < 1.29 is 14.3 Å². The van der Waals surface area contributed by atoms with Crippen LogP contribution in [0.15, 0.2) is 48.0 Å². The molecule has 3 aromatic rings. The van der Waals surface area contributed by atoms with E-state index < -0.39 is 6.10 Å². The number of carbonyl (C=O) groups excluding carboxylic acids is 1. The molecule has 0 spiro atoms. The van der Waals surface area contributed by atoms with Gasteiger partial charge in [0, 0.05) is 43.3 Å². The Labute approximate surface area is 185 Å². The number of aryl methyl sites for hydroxylation is 1. The van der Waals surface area contributed by atoms with E-state index in [0.29, 0.717) is 24.6 Å². The Hall–Kier alpha value is -3.13. The Bertz CT molecular complexity index is 1060. The second kappa shape index (κ2) is 8.55. The third-order valence-electron chi connectivity index (χ3n) is 5.61. The van der Waals surface area contributed by atoms with Crippen LogP contribution in [0.5, 0.6) is 11.5 Å². The molecule has 5 rings (SSSR count). The summed E-state index contributed by atoms with van der Waals surface area (Å²) in [7, 11) is 0. The highest BCUT2D eigenvalue weighted by Gasteiger charge is 2.32. The standard InChI is InChI=1S/C23H24N4O3S/c1-2-17-15-31-22(25-17)16-7-8-21(24-13-16)26-9-11-27(12-10-26)23(28)20-14-29-18-5-3-4-6-19(18)30-20/h3-8,13,15,20H,2,9-12,14H2,1H3. The zero-order valence-electron chi connectivity index (χ0n) is 17.4. The van der Waals surface area contributed by atoms with Crippen LogP contribution in [0.25, 0.3) is 10.6 Å². The van der Waals surface area contributed by atoms with E-state index in [2.05, 4.69) is 33.2 Å². The van der Waals surface area contributed by atoms with Crippen LogP contribution >= 0.6 is 11.3 Å². The van der Waals surface area contributed by atoms with Crippen LogP contribution in [0.1, 0.15) is 12.6 Å². The highest BCUT2D eigenvalue weighted by atomic mass is 32.1. The smallest absolute Gasteiger partial charge is 0.267 e. The van der Waals surface area contributed by atoms with E-state index in [-0.39, 0.29) is 12.5 Å². The SMILES string of the molecule is CCc1csc(-c2ccc(N3CCN(C(=O)C4COc5ccccc5O4)CC3)nc2)n1. The molecular formula is C23H24N4O3S. The Kier molecular flexibility index (Phi) is 5.46. The molecule has 0 saturated carbocycles. The van der Waals surface area contributed by atoms with Gasteiger partial charge in [0.1, 0.15) is 17.4 Å². The average molecular weight is 437 g/mol. The minimum atomic E-state index is -0.592. The summed E-state index contributed by atoms with van der Waals surface area (Å²) < 4.78 is 11.6. The van der Waals surface area contributed by atoms with Gasteiger partial charge < -0.3 is 19.3 Å². The first kappa shape index (κ1) is 19.8. The van der Waals surface area contributed by atoms with Gasteiger partial charge in [-0.3, -0.25) is 4.79 Å². The van der Waals surface area contributed by atoms with Crippen LogP contribution in [0.2, 0.25) is 0 Å². The number of anilines is 1. The second-order valence-corrected chi connectivity index (χ2v) is 8.44. The molecule has 1 unspecified atom stereocenters. The van der Waals surface area contributed by atoms with Crippen LogP contribution in [0.3, 0.4) is 0 Å². The van der Waals surface area contributed by atoms with Gasteiger partial charge in [-0.2, -0.15) is 0 Å². The Morgan fingerprint density at radius 3 is 2.65 bits per heavy atom. The summed E-state index contributed by atoms with van der Waals surface area (Å²) in [5, 5.41) is 3.10. The molecule has 1 saturated heterocycles. The lowest BCUT2D eigenvalue weighted by atomic mass is 10.2. The number of thiazole rings is 1. The fourth-order valence-corrected chi connectivity index (χ4v) is 4.70. The van der Waals surface area contributed by atoms with Crippen molar-refractivity contribution >= 4 is 23.1 Å². The van der Waals surface area contributed by atoms with Crippen molar-refractivity contribution in [3.8, 4) is 22.1 Å². The predicted octanol–water partition coefficient (Wildman–Crippen LogP) is 3.26. The quantitative estimate of drug-likeness (QED) is 0.625. The normalized spacial score (nSPS) is 18.2. The summed E-state index contributed by atoms with van der Waals surface area (Å²) in [6.45, 7) is 5.09. The van der Waals surface area contributed by atoms with Crippen molar-refractivity contribution in [2.75, 3.05) is 37.7 Å². The molecule has 4 heterocycles. The number of nitrogens with zero attached hydrogens (tertiary/aromatic N) is 4. The fraction of sp³-hybridized carbons (Fsp3) is 0.348. The maximum atomic E-state index is 12.9. The average Bonchev–Trinajstić information content (AvgIpc) is 3.33. The van der Waals surface area contributed by atoms with E-state index in [9.17, 15) is 4.79 Å². The summed E-state index contributed by atoms with van der Waals surface area (Å²) in [5.74, 6) is 2.22. The summed E-state index contributed by atoms with van der Waals surface area (Å²) in [5.41, 5.74) is 2.15. The highest BCUT2D eigenvalue weighted by molar-refractivity contribution is 7.13. The molecule has 31 heavy (non-hydrogen) atoms. The molecule has 1 atom stereocenters. The van der Waals surface area contributed by atoms with E-state index in [4.69, 9.17) is 9.47 Å². The van der Waals surface area contributed by atoms with Gasteiger partial charge in [0.2, 0.25) is 6.10 Å². The lowest BCUT2D eigenvalue weighted by Crippen LogP contribution is -2.54. The number of hydrogen-bond donors (Lipinski definition) is 0. The molecule has 1 fully saturated rings. The Morgan fingerprint density at radius 1 is 1.13 bits per heavy atom. The van der Waals surface area contributed by atoms with Crippen molar-refractivity contribution in [3.63, 3.8) is 0 Å². The molecule has 160 valence electrons. The Balaban J connectivity index is 1.18. The highest BCUT2D eigenvalue weighted by Crippen LogP contribution is 2.31. The lowest BCUT2D eigenvalue weighted by Gasteiger charge is -2.37. The molecule has 7 nitrogen and oxygen atoms in total. The number of ether oxygens (including phenoxy) is 2. The molecule has 0 aliphatic carbocycles. The third-order valence-corrected chi connectivity index (χ3v) is 6.55. The number of para-hydroxylation sites is 2. The molecule has 0 N–H and O–H groups in total. The molecule has 1 aromatic carbocycles. The van der Waals surface area contributed by atoms with Crippen LogP contribution < -0.4 is 14.4 Å². The van der Waals surface area contributed by atoms with Crippen LogP contribution in [-0.4, -0.2) is 59.7 Å². The lowest BCUT2D eigenvalue weighted by molar-refractivity contribution is -0.141. The zero-order valence-corrected chi connectivity index (χ0v) is 18.2. The van der Waals surface area contributed by atoms with Gasteiger partial charge in [0.05, 0.1) is 5.69 Å². The molecule has 0 bridgehead atoms. The summed E-state index contributed by atoms with van der Waals surface area (Å²) >= 11 is 1.65. The monoisotopic (exact) mass is 436 g/mol. The first-order chi connectivity index (χ1) is 15.2. The third kappa shape index (κ3) is 4.07. The van der Waals surface area contributed by atoms with Crippen molar-refractivity contribution in [1.29, 1.82) is 0 Å². The van der Waals surface area contributed by atoms with E-state index >= 15 is 0 Å². The zero-order chi connectivity index (χ0) is 21.2. The Morgan fingerprint density at radius 2 is 1.94 bits per heavy atom. The number of aromatic nitrogens is 2. The number of hydrogen-bond acceptors (Lipinski definition) is 7. The molecular weight excluding hydrogens is 412 g/mol. The number of pyridine rings is 1. The van der Waals surface area contributed by atoms with E-state index in [1.54, 1.807) is 11.3 Å². The van der Waals surface area contributed by atoms with E-state index in [0.717, 1.165) is 41.6 Å². The molecule has 1 amide bonds. The largest absolute Gasteiger partial charge is 0.485 e. The van der Waals surface area contributed by atoms with E-state index in [1.165, 1.54) is 0 Å². The van der Waals surface area contributed by atoms with Gasteiger partial charge >= 0.3 is 0 Å². The number of carbonyl (C=O) groups is 1. The molecule has 2 aliphatic rings. The number of rotatable bonds is 4. The van der Waals surface area contributed by atoms with Crippen molar-refractivity contribution in [2.45, 2.75) is 19.4 Å². The van der Waals surface area contributed by atoms with Crippen LogP contribution in [0, 0.1) is 0 Å². The van der Waals surface area contributed by atoms with Crippen molar-refractivity contribution in [1.82, 2.24) is 14.9 Å². The second-order valence-electron chi connectivity index (χ2n) is 7.58. The van der Waals surface area contributed by atoms with Gasteiger partial charge in [0.15, 0.2) is 11.5 Å². The molecule has 0 radical (unpaired) electrons. The van der Waals surface area contributed by atoms with Crippen LogP contribution in [0.4, 0.5) is 5.82 Å².